The number of ether oxygens (including phenoxy) is 2. The van der Waals surface area contributed by atoms with Gasteiger partial charge in [0.1, 0.15) is 0 Å². The topological polar surface area (TPSA) is 71.0 Å². The van der Waals surface area contributed by atoms with Gasteiger partial charge < -0.3 is 24.8 Å². The Balaban J connectivity index is 1.30. The van der Waals surface area contributed by atoms with Gasteiger partial charge in [0.15, 0.2) is 6.29 Å². The number of anilines is 1. The smallest absolute Gasteiger partial charge is 0.255 e. The van der Waals surface area contributed by atoms with Crippen LogP contribution in [0.5, 0.6) is 0 Å². The second-order valence-corrected chi connectivity index (χ2v) is 10.4. The van der Waals surface area contributed by atoms with Crippen LogP contribution in [0.2, 0.25) is 0 Å². The molecule has 200 valence electrons. The molecule has 2 fully saturated rings. The second kappa shape index (κ2) is 13.2. The van der Waals surface area contributed by atoms with E-state index in [-0.39, 0.29) is 24.7 Å². The SMILES string of the molecule is O=C(Nc1ccc(C2OC(CN3CCCCCCC3)CC(c3ccc(CO)cc3)O2)cc1)c1ccccc1. The summed E-state index contributed by atoms with van der Waals surface area (Å²) in [6.45, 7) is 3.17. The Kier molecular flexibility index (Phi) is 9.20. The van der Waals surface area contributed by atoms with Crippen molar-refractivity contribution >= 4 is 11.6 Å². The molecule has 0 bridgehead atoms. The van der Waals surface area contributed by atoms with E-state index in [0.717, 1.165) is 48.4 Å². The van der Waals surface area contributed by atoms with E-state index in [4.69, 9.17) is 9.47 Å². The summed E-state index contributed by atoms with van der Waals surface area (Å²) in [5.41, 5.74) is 4.27. The van der Waals surface area contributed by atoms with Gasteiger partial charge in [-0.15, -0.1) is 0 Å². The van der Waals surface area contributed by atoms with E-state index in [9.17, 15) is 9.90 Å². The zero-order chi connectivity index (χ0) is 26.2. The van der Waals surface area contributed by atoms with Crippen molar-refractivity contribution in [2.24, 2.45) is 0 Å². The van der Waals surface area contributed by atoms with Crippen LogP contribution in [-0.4, -0.2) is 41.7 Å². The van der Waals surface area contributed by atoms with Gasteiger partial charge in [-0.25, -0.2) is 0 Å². The van der Waals surface area contributed by atoms with Crippen LogP contribution >= 0.6 is 0 Å². The number of amides is 1. The number of carbonyl (C=O) groups excluding carboxylic acids is 1. The lowest BCUT2D eigenvalue weighted by Gasteiger charge is -2.38. The Morgan fingerprint density at radius 1 is 0.816 bits per heavy atom. The van der Waals surface area contributed by atoms with E-state index < -0.39 is 6.29 Å². The summed E-state index contributed by atoms with van der Waals surface area (Å²) in [6.07, 6.45) is 6.69. The Morgan fingerprint density at radius 3 is 2.16 bits per heavy atom. The van der Waals surface area contributed by atoms with Gasteiger partial charge in [-0.05, 0) is 61.3 Å². The molecular weight excluding hydrogens is 476 g/mol. The Morgan fingerprint density at radius 2 is 1.47 bits per heavy atom. The summed E-state index contributed by atoms with van der Waals surface area (Å²) < 4.78 is 13.0. The molecule has 0 aliphatic carbocycles. The van der Waals surface area contributed by atoms with Crippen LogP contribution in [0.3, 0.4) is 0 Å². The number of aliphatic hydroxyl groups is 1. The van der Waals surface area contributed by atoms with E-state index >= 15 is 0 Å². The first-order valence-corrected chi connectivity index (χ1v) is 13.9. The fourth-order valence-corrected chi connectivity index (χ4v) is 5.33. The molecule has 2 heterocycles. The van der Waals surface area contributed by atoms with E-state index in [0.29, 0.717) is 5.56 Å². The molecule has 2 saturated heterocycles. The third kappa shape index (κ3) is 7.08. The normalized spacial score (nSPS) is 22.8. The molecule has 5 rings (SSSR count). The first-order valence-electron chi connectivity index (χ1n) is 13.9. The summed E-state index contributed by atoms with van der Waals surface area (Å²) in [4.78, 5) is 15.1. The number of aliphatic hydroxyl groups excluding tert-OH is 1. The summed E-state index contributed by atoms with van der Waals surface area (Å²) in [5.74, 6) is -0.136. The van der Waals surface area contributed by atoms with Crippen molar-refractivity contribution in [3.8, 4) is 0 Å². The molecule has 3 unspecified atom stereocenters. The molecule has 1 amide bonds. The van der Waals surface area contributed by atoms with Gasteiger partial charge in [-0.3, -0.25) is 4.79 Å². The maximum atomic E-state index is 12.5. The van der Waals surface area contributed by atoms with Crippen LogP contribution in [-0.2, 0) is 16.1 Å². The highest BCUT2D eigenvalue weighted by Gasteiger charge is 2.33. The zero-order valence-electron chi connectivity index (χ0n) is 21.9. The lowest BCUT2D eigenvalue weighted by Crippen LogP contribution is -2.40. The number of benzene rings is 3. The molecule has 38 heavy (non-hydrogen) atoms. The quantitative estimate of drug-likeness (QED) is 0.390. The number of likely N-dealkylation sites (tertiary alicyclic amines) is 1. The predicted molar refractivity (Wildman–Crippen MR) is 149 cm³/mol. The van der Waals surface area contributed by atoms with Crippen LogP contribution in [0, 0.1) is 0 Å². The summed E-state index contributed by atoms with van der Waals surface area (Å²) in [5, 5.41) is 12.4. The van der Waals surface area contributed by atoms with Crippen molar-refractivity contribution in [1.82, 2.24) is 4.90 Å². The molecule has 0 spiro atoms. The summed E-state index contributed by atoms with van der Waals surface area (Å²) in [7, 11) is 0. The molecule has 2 aliphatic heterocycles. The van der Waals surface area contributed by atoms with Crippen molar-refractivity contribution in [1.29, 1.82) is 0 Å². The van der Waals surface area contributed by atoms with Crippen molar-refractivity contribution in [3.05, 3.63) is 101 Å². The minimum atomic E-state index is -0.495. The molecule has 2 aliphatic rings. The molecule has 6 nitrogen and oxygen atoms in total. The fraction of sp³-hybridized carbons (Fsp3) is 0.406. The summed E-state index contributed by atoms with van der Waals surface area (Å²) in [6, 6.07) is 25.0. The highest BCUT2D eigenvalue weighted by atomic mass is 16.7. The fourth-order valence-electron chi connectivity index (χ4n) is 5.33. The van der Waals surface area contributed by atoms with Crippen molar-refractivity contribution < 1.29 is 19.4 Å². The Labute approximate surface area is 225 Å². The molecule has 3 aromatic carbocycles. The highest BCUT2D eigenvalue weighted by molar-refractivity contribution is 6.04. The third-order valence-electron chi connectivity index (χ3n) is 7.50. The van der Waals surface area contributed by atoms with Crippen molar-refractivity contribution in [3.63, 3.8) is 0 Å². The van der Waals surface area contributed by atoms with Crippen molar-refractivity contribution in [2.45, 2.75) is 63.6 Å². The number of nitrogens with one attached hydrogen (secondary N) is 1. The number of hydrogen-bond acceptors (Lipinski definition) is 5. The molecule has 0 radical (unpaired) electrons. The van der Waals surface area contributed by atoms with Crippen molar-refractivity contribution in [2.75, 3.05) is 25.0 Å². The van der Waals surface area contributed by atoms with E-state index in [1.807, 2.05) is 66.7 Å². The molecule has 0 aromatic heterocycles. The first kappa shape index (κ1) is 26.6. The third-order valence-corrected chi connectivity index (χ3v) is 7.50. The van der Waals surface area contributed by atoms with Gasteiger partial charge in [0.2, 0.25) is 0 Å². The van der Waals surface area contributed by atoms with Crippen LogP contribution in [0.1, 0.15) is 78.0 Å². The minimum absolute atomic E-state index is 0.0300. The van der Waals surface area contributed by atoms with E-state index in [1.165, 1.54) is 32.1 Å². The first-order chi connectivity index (χ1) is 18.7. The largest absolute Gasteiger partial charge is 0.392 e. The maximum absolute atomic E-state index is 12.5. The second-order valence-electron chi connectivity index (χ2n) is 10.4. The lowest BCUT2D eigenvalue weighted by molar-refractivity contribution is -0.253. The zero-order valence-corrected chi connectivity index (χ0v) is 21.9. The molecular formula is C32H38N2O4. The van der Waals surface area contributed by atoms with Crippen LogP contribution in [0.4, 0.5) is 5.69 Å². The van der Waals surface area contributed by atoms with E-state index in [2.05, 4.69) is 10.2 Å². The van der Waals surface area contributed by atoms with Gasteiger partial charge >= 0.3 is 0 Å². The lowest BCUT2D eigenvalue weighted by atomic mass is 9.99. The molecule has 3 aromatic rings. The monoisotopic (exact) mass is 514 g/mol. The van der Waals surface area contributed by atoms with Gasteiger partial charge in [0, 0.05) is 29.8 Å². The molecule has 6 heteroatoms. The average molecular weight is 515 g/mol. The van der Waals surface area contributed by atoms with Crippen LogP contribution in [0.25, 0.3) is 0 Å². The minimum Gasteiger partial charge on any atom is -0.392 e. The number of carbonyl (C=O) groups is 1. The highest BCUT2D eigenvalue weighted by Crippen LogP contribution is 2.38. The van der Waals surface area contributed by atoms with Gasteiger partial charge in [-0.1, -0.05) is 73.9 Å². The molecule has 2 N–H and O–H groups in total. The van der Waals surface area contributed by atoms with Crippen LogP contribution < -0.4 is 5.32 Å². The Hall–Kier alpha value is -3.03. The molecule has 3 atom stereocenters. The standard InChI is InChI=1S/C32H38N2O4/c35-23-24-11-13-25(14-12-24)30-21-29(22-34-19-7-2-1-3-8-20-34)37-32(38-30)27-15-17-28(18-16-27)33-31(36)26-9-5-4-6-10-26/h4-6,9-18,29-30,32,35H,1-3,7-8,19-23H2,(H,33,36). The van der Waals surface area contributed by atoms with E-state index in [1.54, 1.807) is 12.1 Å². The predicted octanol–water partition coefficient (Wildman–Crippen LogP) is 6.24. The average Bonchev–Trinajstić information content (AvgIpc) is 2.95. The van der Waals surface area contributed by atoms with Gasteiger partial charge in [0.25, 0.3) is 5.91 Å². The number of hydrogen-bond donors (Lipinski definition) is 2. The Bertz CT molecular complexity index is 1140. The summed E-state index contributed by atoms with van der Waals surface area (Å²) >= 11 is 0. The van der Waals surface area contributed by atoms with Gasteiger partial charge in [-0.2, -0.15) is 0 Å². The maximum Gasteiger partial charge on any atom is 0.255 e. The molecule has 0 saturated carbocycles. The number of nitrogens with zero attached hydrogens (tertiary/aromatic N) is 1. The van der Waals surface area contributed by atoms with Gasteiger partial charge in [0.05, 0.1) is 18.8 Å². The number of rotatable bonds is 7. The van der Waals surface area contributed by atoms with Crippen LogP contribution in [0.15, 0.2) is 78.9 Å².